The fourth-order valence-electron chi connectivity index (χ4n) is 1.73. The van der Waals surface area contributed by atoms with Gasteiger partial charge in [-0.2, -0.15) is 0 Å². The maximum Gasteiger partial charge on any atom is 0.312 e. The standard InChI is InChI=1S/C13H10Cl2O2S/c14-10-4-1-3-8(12(10)15)7-9(13(16)17)11-5-2-6-18-11/h1-6,9H,7H2,(H,16,17). The Hall–Kier alpha value is -1.03. The van der Waals surface area contributed by atoms with Gasteiger partial charge in [0, 0.05) is 4.88 Å². The van der Waals surface area contributed by atoms with E-state index in [1.165, 1.54) is 11.3 Å². The molecule has 0 bridgehead atoms. The maximum atomic E-state index is 11.3. The predicted molar refractivity (Wildman–Crippen MR) is 74.9 cm³/mol. The zero-order valence-electron chi connectivity index (χ0n) is 9.27. The number of benzene rings is 1. The highest BCUT2D eigenvalue weighted by molar-refractivity contribution is 7.10. The van der Waals surface area contributed by atoms with Gasteiger partial charge in [0.25, 0.3) is 0 Å². The van der Waals surface area contributed by atoms with Crippen LogP contribution in [-0.2, 0) is 11.2 Å². The van der Waals surface area contributed by atoms with Crippen LogP contribution in [0.25, 0.3) is 0 Å². The molecule has 0 aliphatic rings. The number of hydrogen-bond donors (Lipinski definition) is 1. The summed E-state index contributed by atoms with van der Waals surface area (Å²) in [7, 11) is 0. The van der Waals surface area contributed by atoms with Crippen molar-refractivity contribution >= 4 is 40.5 Å². The molecule has 1 aromatic heterocycles. The van der Waals surface area contributed by atoms with E-state index in [2.05, 4.69) is 0 Å². The zero-order chi connectivity index (χ0) is 13.1. The van der Waals surface area contributed by atoms with Crippen LogP contribution in [0.1, 0.15) is 16.4 Å². The van der Waals surface area contributed by atoms with Crippen molar-refractivity contribution in [3.8, 4) is 0 Å². The molecular weight excluding hydrogens is 291 g/mol. The summed E-state index contributed by atoms with van der Waals surface area (Å²) in [5, 5.41) is 12.0. The van der Waals surface area contributed by atoms with E-state index >= 15 is 0 Å². The normalized spacial score (nSPS) is 12.3. The molecule has 1 unspecified atom stereocenters. The third-order valence-corrected chi connectivity index (χ3v) is 4.48. The summed E-state index contributed by atoms with van der Waals surface area (Å²) in [6.07, 6.45) is 0.342. The quantitative estimate of drug-likeness (QED) is 0.905. The van der Waals surface area contributed by atoms with Crippen molar-refractivity contribution < 1.29 is 9.90 Å². The summed E-state index contributed by atoms with van der Waals surface area (Å²) in [5.41, 5.74) is 0.755. The highest BCUT2D eigenvalue weighted by Crippen LogP contribution is 2.31. The zero-order valence-corrected chi connectivity index (χ0v) is 11.6. The Balaban J connectivity index is 2.30. The van der Waals surface area contributed by atoms with E-state index in [-0.39, 0.29) is 0 Å². The summed E-state index contributed by atoms with van der Waals surface area (Å²) < 4.78 is 0. The highest BCUT2D eigenvalue weighted by Gasteiger charge is 2.22. The van der Waals surface area contributed by atoms with E-state index in [1.54, 1.807) is 18.2 Å². The first-order valence-corrected chi connectivity index (χ1v) is 6.92. The summed E-state index contributed by atoms with van der Waals surface area (Å²) in [6, 6.07) is 8.93. The van der Waals surface area contributed by atoms with Crippen molar-refractivity contribution in [3.63, 3.8) is 0 Å². The molecule has 1 N–H and O–H groups in total. The van der Waals surface area contributed by atoms with Gasteiger partial charge in [-0.15, -0.1) is 11.3 Å². The number of carboxylic acid groups (broad SMARTS) is 1. The lowest BCUT2D eigenvalue weighted by atomic mass is 9.98. The molecule has 0 saturated heterocycles. The SMILES string of the molecule is O=C(O)C(Cc1cccc(Cl)c1Cl)c1cccs1. The minimum absolute atomic E-state index is 0.342. The minimum Gasteiger partial charge on any atom is -0.481 e. The van der Waals surface area contributed by atoms with Crippen LogP contribution in [0, 0.1) is 0 Å². The Morgan fingerprint density at radius 1 is 1.28 bits per heavy atom. The fourth-order valence-corrected chi connectivity index (χ4v) is 2.94. The highest BCUT2D eigenvalue weighted by atomic mass is 35.5. The number of aliphatic carboxylic acids is 1. The van der Waals surface area contributed by atoms with E-state index in [4.69, 9.17) is 23.2 Å². The van der Waals surface area contributed by atoms with Gasteiger partial charge >= 0.3 is 5.97 Å². The first kappa shape index (κ1) is 13.4. The molecule has 1 atom stereocenters. The lowest BCUT2D eigenvalue weighted by Gasteiger charge is -2.12. The second-order valence-corrected chi connectivity index (χ2v) is 5.59. The van der Waals surface area contributed by atoms with Gasteiger partial charge in [-0.25, -0.2) is 0 Å². The van der Waals surface area contributed by atoms with Crippen LogP contribution in [0.15, 0.2) is 35.7 Å². The van der Waals surface area contributed by atoms with Gasteiger partial charge in [0.1, 0.15) is 0 Å². The molecule has 0 fully saturated rings. The minimum atomic E-state index is -0.853. The van der Waals surface area contributed by atoms with Gasteiger partial charge in [0.2, 0.25) is 0 Å². The Morgan fingerprint density at radius 3 is 2.67 bits per heavy atom. The van der Waals surface area contributed by atoms with Crippen LogP contribution in [0.2, 0.25) is 10.0 Å². The second kappa shape index (κ2) is 5.74. The smallest absolute Gasteiger partial charge is 0.312 e. The van der Waals surface area contributed by atoms with Crippen LogP contribution in [-0.4, -0.2) is 11.1 Å². The van der Waals surface area contributed by atoms with Gasteiger partial charge < -0.3 is 5.11 Å². The van der Waals surface area contributed by atoms with Crippen molar-refractivity contribution in [1.82, 2.24) is 0 Å². The number of hydrogen-bond acceptors (Lipinski definition) is 2. The molecule has 0 radical (unpaired) electrons. The number of halogens is 2. The van der Waals surface area contributed by atoms with Crippen LogP contribution in [0.4, 0.5) is 0 Å². The molecule has 2 nitrogen and oxygen atoms in total. The Morgan fingerprint density at radius 2 is 2.06 bits per heavy atom. The molecule has 2 aromatic rings. The molecule has 0 amide bonds. The van der Waals surface area contributed by atoms with Crippen molar-refractivity contribution in [2.75, 3.05) is 0 Å². The third kappa shape index (κ3) is 2.86. The molecule has 0 aliphatic heterocycles. The fraction of sp³-hybridized carbons (Fsp3) is 0.154. The van der Waals surface area contributed by atoms with Crippen molar-refractivity contribution in [1.29, 1.82) is 0 Å². The number of carboxylic acids is 1. The molecule has 18 heavy (non-hydrogen) atoms. The second-order valence-electron chi connectivity index (χ2n) is 3.82. The van der Waals surface area contributed by atoms with E-state index in [1.807, 2.05) is 17.5 Å². The largest absolute Gasteiger partial charge is 0.481 e. The van der Waals surface area contributed by atoms with Crippen molar-refractivity contribution in [2.24, 2.45) is 0 Å². The first-order chi connectivity index (χ1) is 8.59. The van der Waals surface area contributed by atoms with Crippen LogP contribution >= 0.6 is 34.5 Å². The van der Waals surface area contributed by atoms with Crippen molar-refractivity contribution in [3.05, 3.63) is 56.2 Å². The molecule has 2 rings (SSSR count). The summed E-state index contributed by atoms with van der Waals surface area (Å²) in [4.78, 5) is 12.1. The summed E-state index contributed by atoms with van der Waals surface area (Å²) in [5.74, 6) is -1.44. The van der Waals surface area contributed by atoms with E-state index < -0.39 is 11.9 Å². The average molecular weight is 301 g/mol. The molecule has 0 saturated carbocycles. The number of carbonyl (C=O) groups is 1. The average Bonchev–Trinajstić information content (AvgIpc) is 2.84. The van der Waals surface area contributed by atoms with Crippen LogP contribution in [0.5, 0.6) is 0 Å². The first-order valence-electron chi connectivity index (χ1n) is 5.28. The summed E-state index contributed by atoms with van der Waals surface area (Å²) >= 11 is 13.4. The molecule has 1 heterocycles. The third-order valence-electron chi connectivity index (χ3n) is 2.64. The lowest BCUT2D eigenvalue weighted by Crippen LogP contribution is -2.13. The topological polar surface area (TPSA) is 37.3 Å². The summed E-state index contributed by atoms with van der Waals surface area (Å²) in [6.45, 7) is 0. The molecular formula is C13H10Cl2O2S. The molecule has 5 heteroatoms. The van der Waals surface area contributed by atoms with Crippen LogP contribution in [0.3, 0.4) is 0 Å². The van der Waals surface area contributed by atoms with Gasteiger partial charge in [0.15, 0.2) is 0 Å². The number of thiophene rings is 1. The van der Waals surface area contributed by atoms with E-state index in [0.29, 0.717) is 16.5 Å². The molecule has 94 valence electrons. The van der Waals surface area contributed by atoms with E-state index in [9.17, 15) is 9.90 Å². The molecule has 0 aliphatic carbocycles. The predicted octanol–water partition coefficient (Wildman–Crippen LogP) is 4.47. The van der Waals surface area contributed by atoms with Gasteiger partial charge in [-0.1, -0.05) is 41.4 Å². The monoisotopic (exact) mass is 300 g/mol. The molecule has 0 spiro atoms. The Labute approximate surface area is 119 Å². The van der Waals surface area contributed by atoms with Crippen molar-refractivity contribution in [2.45, 2.75) is 12.3 Å². The van der Waals surface area contributed by atoms with Gasteiger partial charge in [-0.3, -0.25) is 4.79 Å². The van der Waals surface area contributed by atoms with Gasteiger partial charge in [0.05, 0.1) is 16.0 Å². The van der Waals surface area contributed by atoms with Gasteiger partial charge in [-0.05, 0) is 29.5 Å². The maximum absolute atomic E-state index is 11.3. The Bertz CT molecular complexity index is 552. The van der Waals surface area contributed by atoms with Crippen LogP contribution < -0.4 is 0 Å². The lowest BCUT2D eigenvalue weighted by molar-refractivity contribution is -0.138. The number of rotatable bonds is 4. The Kier molecular flexibility index (Phi) is 4.27. The van der Waals surface area contributed by atoms with E-state index in [0.717, 1.165) is 10.4 Å². The molecule has 1 aromatic carbocycles.